The second kappa shape index (κ2) is 4.42. The van der Waals surface area contributed by atoms with Crippen molar-refractivity contribution in [2.75, 3.05) is 0 Å². The Labute approximate surface area is 102 Å². The zero-order valence-electron chi connectivity index (χ0n) is 10.2. The van der Waals surface area contributed by atoms with Gasteiger partial charge >= 0.3 is 0 Å². The lowest BCUT2D eigenvalue weighted by molar-refractivity contribution is 0.0676. The van der Waals surface area contributed by atoms with Gasteiger partial charge in [-0.15, -0.1) is 0 Å². The Kier molecular flexibility index (Phi) is 2.92. The lowest BCUT2D eigenvalue weighted by atomic mass is 9.90. The number of fused-ring (bicyclic) bond motifs is 1. The summed E-state index contributed by atoms with van der Waals surface area (Å²) in [6.07, 6.45) is 9.24. The lowest BCUT2D eigenvalue weighted by Gasteiger charge is -2.30. The van der Waals surface area contributed by atoms with Crippen LogP contribution in [0.2, 0.25) is 0 Å². The Hall–Kier alpha value is -0.870. The van der Waals surface area contributed by atoms with E-state index in [0.717, 1.165) is 38.5 Å². The molecule has 1 aromatic heterocycles. The molecule has 3 unspecified atom stereocenters. The Morgan fingerprint density at radius 2 is 2.06 bits per heavy atom. The standard InChI is InChI=1S/C13H21N3O/c14-10-4-3-6-11-9(10)8-15-16(11)12-5-1-2-7-13(12)17/h8,10,12-13,17H,1-7,14H2. The molecule has 1 aromatic rings. The van der Waals surface area contributed by atoms with Crippen LogP contribution in [0.3, 0.4) is 0 Å². The minimum atomic E-state index is -0.231. The van der Waals surface area contributed by atoms with Gasteiger partial charge in [0.25, 0.3) is 0 Å². The highest BCUT2D eigenvalue weighted by Gasteiger charge is 2.30. The maximum Gasteiger partial charge on any atom is 0.0781 e. The molecule has 2 aliphatic carbocycles. The van der Waals surface area contributed by atoms with E-state index in [1.807, 2.05) is 6.20 Å². The summed E-state index contributed by atoms with van der Waals surface area (Å²) < 4.78 is 2.07. The summed E-state index contributed by atoms with van der Waals surface area (Å²) in [4.78, 5) is 0. The van der Waals surface area contributed by atoms with Crippen molar-refractivity contribution in [3.05, 3.63) is 17.5 Å². The zero-order valence-corrected chi connectivity index (χ0v) is 10.2. The molecule has 94 valence electrons. The van der Waals surface area contributed by atoms with Crippen LogP contribution in [0.1, 0.15) is 61.9 Å². The number of rotatable bonds is 1. The van der Waals surface area contributed by atoms with Gasteiger partial charge in [0.15, 0.2) is 0 Å². The van der Waals surface area contributed by atoms with E-state index in [9.17, 15) is 5.11 Å². The van der Waals surface area contributed by atoms with Gasteiger partial charge in [-0.25, -0.2) is 0 Å². The summed E-state index contributed by atoms with van der Waals surface area (Å²) >= 11 is 0. The van der Waals surface area contributed by atoms with Crippen LogP contribution in [-0.2, 0) is 6.42 Å². The van der Waals surface area contributed by atoms with Crippen LogP contribution in [0.5, 0.6) is 0 Å². The van der Waals surface area contributed by atoms with E-state index in [1.54, 1.807) is 0 Å². The molecule has 0 spiro atoms. The normalized spacial score (nSPS) is 33.4. The fourth-order valence-electron chi connectivity index (χ4n) is 3.28. The zero-order chi connectivity index (χ0) is 11.8. The lowest BCUT2D eigenvalue weighted by Crippen LogP contribution is -2.30. The molecule has 1 fully saturated rings. The van der Waals surface area contributed by atoms with Crippen LogP contribution in [0, 0.1) is 0 Å². The van der Waals surface area contributed by atoms with Gasteiger partial charge in [0, 0.05) is 17.3 Å². The molecule has 0 radical (unpaired) electrons. The van der Waals surface area contributed by atoms with Gasteiger partial charge < -0.3 is 10.8 Å². The minimum absolute atomic E-state index is 0.147. The minimum Gasteiger partial charge on any atom is -0.391 e. The number of nitrogens with two attached hydrogens (primary N) is 1. The number of aromatic nitrogens is 2. The fraction of sp³-hybridized carbons (Fsp3) is 0.769. The van der Waals surface area contributed by atoms with E-state index in [-0.39, 0.29) is 18.2 Å². The van der Waals surface area contributed by atoms with Crippen molar-refractivity contribution in [1.29, 1.82) is 0 Å². The van der Waals surface area contributed by atoms with Gasteiger partial charge in [0.05, 0.1) is 18.3 Å². The summed E-state index contributed by atoms with van der Waals surface area (Å²) in [7, 11) is 0. The highest BCUT2D eigenvalue weighted by molar-refractivity contribution is 5.25. The van der Waals surface area contributed by atoms with Crippen LogP contribution in [0.15, 0.2) is 6.20 Å². The fourth-order valence-corrected chi connectivity index (χ4v) is 3.28. The van der Waals surface area contributed by atoms with Gasteiger partial charge in [-0.05, 0) is 32.1 Å². The van der Waals surface area contributed by atoms with Crippen molar-refractivity contribution in [1.82, 2.24) is 9.78 Å². The second-order valence-electron chi connectivity index (χ2n) is 5.41. The molecular formula is C13H21N3O. The number of nitrogens with zero attached hydrogens (tertiary/aromatic N) is 2. The first kappa shape index (κ1) is 11.2. The van der Waals surface area contributed by atoms with Crippen molar-refractivity contribution in [2.45, 2.75) is 63.1 Å². The Bertz CT molecular complexity index is 401. The van der Waals surface area contributed by atoms with Crippen molar-refractivity contribution in [3.8, 4) is 0 Å². The van der Waals surface area contributed by atoms with Crippen molar-refractivity contribution in [2.24, 2.45) is 5.73 Å². The summed E-state index contributed by atoms with van der Waals surface area (Å²) in [5.41, 5.74) is 8.58. The van der Waals surface area contributed by atoms with E-state index in [0.29, 0.717) is 0 Å². The molecule has 3 N–H and O–H groups in total. The topological polar surface area (TPSA) is 64.1 Å². The first-order chi connectivity index (χ1) is 8.27. The first-order valence-electron chi connectivity index (χ1n) is 6.77. The quantitative estimate of drug-likeness (QED) is 0.778. The van der Waals surface area contributed by atoms with E-state index < -0.39 is 0 Å². The largest absolute Gasteiger partial charge is 0.391 e. The monoisotopic (exact) mass is 235 g/mol. The molecule has 4 nitrogen and oxygen atoms in total. The van der Waals surface area contributed by atoms with E-state index in [1.165, 1.54) is 17.7 Å². The van der Waals surface area contributed by atoms with Gasteiger partial charge in [-0.2, -0.15) is 5.10 Å². The van der Waals surface area contributed by atoms with E-state index in [4.69, 9.17) is 5.73 Å². The Morgan fingerprint density at radius 1 is 1.24 bits per heavy atom. The average molecular weight is 235 g/mol. The van der Waals surface area contributed by atoms with Gasteiger partial charge in [0.1, 0.15) is 0 Å². The molecule has 4 heteroatoms. The summed E-state index contributed by atoms with van der Waals surface area (Å²) in [6.45, 7) is 0. The molecule has 0 saturated heterocycles. The predicted molar refractivity (Wildman–Crippen MR) is 65.6 cm³/mol. The summed E-state index contributed by atoms with van der Waals surface area (Å²) in [5, 5.41) is 14.6. The third-order valence-corrected chi connectivity index (χ3v) is 4.27. The van der Waals surface area contributed by atoms with Crippen molar-refractivity contribution >= 4 is 0 Å². The number of hydrogen-bond acceptors (Lipinski definition) is 3. The van der Waals surface area contributed by atoms with Crippen LogP contribution in [0.25, 0.3) is 0 Å². The number of hydrogen-bond donors (Lipinski definition) is 2. The maximum absolute atomic E-state index is 10.1. The third-order valence-electron chi connectivity index (χ3n) is 4.27. The molecule has 0 amide bonds. The number of aliphatic hydroxyl groups excluding tert-OH is 1. The molecule has 3 rings (SSSR count). The smallest absolute Gasteiger partial charge is 0.0781 e. The molecule has 1 saturated carbocycles. The SMILES string of the molecule is NC1CCCc2c1cnn2C1CCCCC1O. The summed E-state index contributed by atoms with van der Waals surface area (Å²) in [6, 6.07) is 0.325. The molecule has 0 bridgehead atoms. The van der Waals surface area contributed by atoms with Crippen LogP contribution < -0.4 is 5.73 Å². The molecule has 3 atom stereocenters. The van der Waals surface area contributed by atoms with Crippen molar-refractivity contribution < 1.29 is 5.11 Å². The third kappa shape index (κ3) is 1.89. The maximum atomic E-state index is 10.1. The van der Waals surface area contributed by atoms with E-state index >= 15 is 0 Å². The van der Waals surface area contributed by atoms with Gasteiger partial charge in [-0.1, -0.05) is 12.8 Å². The molecule has 0 aliphatic heterocycles. The second-order valence-corrected chi connectivity index (χ2v) is 5.41. The van der Waals surface area contributed by atoms with E-state index in [2.05, 4.69) is 9.78 Å². The summed E-state index contributed by atoms with van der Waals surface area (Å²) in [5.74, 6) is 0. The molecule has 2 aliphatic rings. The van der Waals surface area contributed by atoms with Crippen molar-refractivity contribution in [3.63, 3.8) is 0 Å². The van der Waals surface area contributed by atoms with Crippen LogP contribution >= 0.6 is 0 Å². The van der Waals surface area contributed by atoms with Crippen LogP contribution in [-0.4, -0.2) is 21.0 Å². The molecule has 1 heterocycles. The number of aliphatic hydroxyl groups is 1. The molecular weight excluding hydrogens is 214 g/mol. The van der Waals surface area contributed by atoms with Gasteiger partial charge in [-0.3, -0.25) is 4.68 Å². The molecule has 0 aromatic carbocycles. The first-order valence-corrected chi connectivity index (χ1v) is 6.77. The Balaban J connectivity index is 1.92. The molecule has 17 heavy (non-hydrogen) atoms. The Morgan fingerprint density at radius 3 is 2.88 bits per heavy atom. The van der Waals surface area contributed by atoms with Crippen LogP contribution in [0.4, 0.5) is 0 Å². The van der Waals surface area contributed by atoms with Gasteiger partial charge in [0.2, 0.25) is 0 Å². The highest BCUT2D eigenvalue weighted by Crippen LogP contribution is 2.34. The predicted octanol–water partition coefficient (Wildman–Crippen LogP) is 1.70. The average Bonchev–Trinajstić information content (AvgIpc) is 2.75. The highest BCUT2D eigenvalue weighted by atomic mass is 16.3.